The minimum Gasteiger partial charge on any atom is -0.460 e. The van der Waals surface area contributed by atoms with Crippen LogP contribution >= 0.6 is 0 Å². The molecule has 3 rings (SSSR count). The van der Waals surface area contributed by atoms with E-state index < -0.39 is 25.4 Å². The van der Waals surface area contributed by atoms with Crippen molar-refractivity contribution in [3.05, 3.63) is 0 Å². The van der Waals surface area contributed by atoms with Gasteiger partial charge in [0.05, 0.1) is 18.6 Å². The van der Waals surface area contributed by atoms with Gasteiger partial charge in [0.2, 0.25) is 0 Å². The fourth-order valence-electron chi connectivity index (χ4n) is 6.56. The first-order chi connectivity index (χ1) is 14.9. The predicted octanol–water partition coefficient (Wildman–Crippen LogP) is 5.89. The van der Waals surface area contributed by atoms with Gasteiger partial charge >= 0.3 is 5.97 Å². The summed E-state index contributed by atoms with van der Waals surface area (Å²) >= 11 is 0. The van der Waals surface area contributed by atoms with Crippen LogP contribution < -0.4 is 0 Å². The number of hydrogen-bond acceptors (Lipinski definition) is 5. The maximum atomic E-state index is 13.6. The monoisotopic (exact) mass is 480 g/mol. The first-order valence-corrected chi connectivity index (χ1v) is 15.9. The molecule has 3 fully saturated rings. The summed E-state index contributed by atoms with van der Waals surface area (Å²) in [6.45, 7) is 19.1. The first-order valence-electron chi connectivity index (χ1n) is 13.0. The van der Waals surface area contributed by atoms with E-state index in [1.807, 2.05) is 20.8 Å². The van der Waals surface area contributed by atoms with Crippen molar-refractivity contribution in [3.63, 3.8) is 0 Å². The molecule has 1 N–H and O–H groups in total. The van der Waals surface area contributed by atoms with Gasteiger partial charge in [0.1, 0.15) is 11.4 Å². The molecule has 3 saturated carbocycles. The average molecular weight is 481 g/mol. The Kier molecular flexibility index (Phi) is 7.12. The molecule has 2 bridgehead atoms. The number of fused-ring (bicyclic) bond motifs is 4. The van der Waals surface area contributed by atoms with Crippen LogP contribution in [-0.2, 0) is 18.8 Å². The summed E-state index contributed by atoms with van der Waals surface area (Å²) < 4.78 is 12.2. The lowest BCUT2D eigenvalue weighted by Gasteiger charge is -2.59. The summed E-state index contributed by atoms with van der Waals surface area (Å²) in [6.07, 6.45) is 5.79. The van der Waals surface area contributed by atoms with Gasteiger partial charge in [-0.25, -0.2) is 0 Å². The van der Waals surface area contributed by atoms with Crippen LogP contribution in [0.3, 0.4) is 0 Å². The quantitative estimate of drug-likeness (QED) is 0.392. The summed E-state index contributed by atoms with van der Waals surface area (Å²) in [6, 6.07) is 0. The van der Waals surface area contributed by atoms with Crippen LogP contribution in [0.5, 0.6) is 0 Å². The van der Waals surface area contributed by atoms with E-state index in [0.717, 1.165) is 25.7 Å². The van der Waals surface area contributed by atoms with Crippen molar-refractivity contribution >= 4 is 20.1 Å². The Bertz CT molecular complexity index is 763. The molecule has 0 aromatic carbocycles. The molecule has 6 heteroatoms. The zero-order valence-corrected chi connectivity index (χ0v) is 23.5. The van der Waals surface area contributed by atoms with Gasteiger partial charge in [-0.3, -0.25) is 9.59 Å². The van der Waals surface area contributed by atoms with E-state index in [1.165, 1.54) is 6.42 Å². The lowest BCUT2D eigenvalue weighted by atomic mass is 9.46. The van der Waals surface area contributed by atoms with E-state index in [-0.39, 0.29) is 53.0 Å². The van der Waals surface area contributed by atoms with Crippen LogP contribution in [0.25, 0.3) is 0 Å². The highest BCUT2D eigenvalue weighted by atomic mass is 28.4. The van der Waals surface area contributed by atoms with E-state index >= 15 is 0 Å². The number of ether oxygens (including phenoxy) is 1. The normalized spacial score (nSPS) is 37.5. The molecule has 6 atom stereocenters. The summed E-state index contributed by atoms with van der Waals surface area (Å²) in [4.78, 5) is 26.6. The van der Waals surface area contributed by atoms with Gasteiger partial charge in [-0.15, -0.1) is 0 Å². The van der Waals surface area contributed by atoms with Crippen molar-refractivity contribution in [3.8, 4) is 0 Å². The van der Waals surface area contributed by atoms with Crippen LogP contribution in [0.4, 0.5) is 0 Å². The van der Waals surface area contributed by atoms with Crippen LogP contribution in [0.1, 0.15) is 93.4 Å². The number of aliphatic hydroxyl groups is 1. The maximum absolute atomic E-state index is 13.6. The van der Waals surface area contributed by atoms with Crippen LogP contribution in [0.2, 0.25) is 18.1 Å². The van der Waals surface area contributed by atoms with Gasteiger partial charge in [-0.05, 0) is 75.9 Å². The standard InChI is InChI=1S/C27H48O5Si/c1-24(2,3)32-21(28)14-20-22-19-12-10-11-13-26(19,7)15-18(23(22)29)16-27(20,30)17-31-33(8,9)25(4,5)6/h18-20,22,30H,10-17H2,1-9H3/t18-,19+,20-,22+,26-,27+/m1/s1. The van der Waals surface area contributed by atoms with E-state index in [0.29, 0.717) is 6.42 Å². The smallest absolute Gasteiger partial charge is 0.306 e. The van der Waals surface area contributed by atoms with Gasteiger partial charge in [-0.1, -0.05) is 40.5 Å². The van der Waals surface area contributed by atoms with Crippen molar-refractivity contribution < 1.29 is 23.9 Å². The zero-order valence-electron chi connectivity index (χ0n) is 22.5. The van der Waals surface area contributed by atoms with Gasteiger partial charge < -0.3 is 14.3 Å². The Balaban J connectivity index is 1.96. The third-order valence-electron chi connectivity index (χ3n) is 9.30. The highest BCUT2D eigenvalue weighted by molar-refractivity contribution is 6.74. The minimum absolute atomic E-state index is 0.0202. The van der Waals surface area contributed by atoms with Crippen LogP contribution in [0, 0.1) is 29.1 Å². The van der Waals surface area contributed by atoms with E-state index in [2.05, 4.69) is 40.8 Å². The van der Waals surface area contributed by atoms with Crippen molar-refractivity contribution in [2.24, 2.45) is 29.1 Å². The zero-order chi connectivity index (χ0) is 25.0. The Labute approximate surface area is 202 Å². The SMILES string of the molecule is CC(C)(C)OC(=O)C[C@@H]1[C@H]2C(=O)[C@H](C[C@@]3(C)CCCC[C@@H]23)C[C@]1(O)CO[Si](C)(C)C(C)(C)C. The number of hydrogen-bond donors (Lipinski definition) is 1. The Morgan fingerprint density at radius 1 is 1.12 bits per heavy atom. The second-order valence-electron chi connectivity index (χ2n) is 14.1. The van der Waals surface area contributed by atoms with Gasteiger partial charge in [0.25, 0.3) is 0 Å². The second kappa shape index (κ2) is 8.74. The average Bonchev–Trinajstić information content (AvgIpc) is 2.62. The Morgan fingerprint density at radius 3 is 2.33 bits per heavy atom. The molecule has 3 aliphatic rings. The molecule has 0 radical (unpaired) electrons. The first kappa shape index (κ1) is 26.9. The topological polar surface area (TPSA) is 72.8 Å². The molecule has 0 aliphatic heterocycles. The molecule has 0 saturated heterocycles. The number of rotatable bonds is 5. The number of carbonyl (C=O) groups is 2. The second-order valence-corrected chi connectivity index (χ2v) is 18.9. The lowest BCUT2D eigenvalue weighted by Crippen LogP contribution is -2.63. The number of Topliss-reactive ketones (excluding diaryl/α,β-unsaturated/α-hetero) is 1. The van der Waals surface area contributed by atoms with Crippen molar-refractivity contribution in [2.75, 3.05) is 6.61 Å². The van der Waals surface area contributed by atoms with Gasteiger partial charge in [-0.2, -0.15) is 0 Å². The maximum Gasteiger partial charge on any atom is 0.306 e. The number of carbonyl (C=O) groups excluding carboxylic acids is 2. The minimum atomic E-state index is -2.11. The molecule has 0 aromatic rings. The van der Waals surface area contributed by atoms with Crippen molar-refractivity contribution in [1.29, 1.82) is 0 Å². The van der Waals surface area contributed by atoms with E-state index in [4.69, 9.17) is 9.16 Å². The fraction of sp³-hybridized carbons (Fsp3) is 0.926. The molecular weight excluding hydrogens is 432 g/mol. The van der Waals surface area contributed by atoms with E-state index in [9.17, 15) is 14.7 Å². The third kappa shape index (κ3) is 5.43. The molecule has 33 heavy (non-hydrogen) atoms. The largest absolute Gasteiger partial charge is 0.460 e. The lowest BCUT2D eigenvalue weighted by molar-refractivity contribution is -0.191. The van der Waals surface area contributed by atoms with Crippen LogP contribution in [-0.4, -0.2) is 43.0 Å². The Hall–Kier alpha value is -0.723. The summed E-state index contributed by atoms with van der Waals surface area (Å²) in [7, 11) is -2.11. The molecule has 0 aromatic heterocycles. The van der Waals surface area contributed by atoms with Crippen LogP contribution in [0.15, 0.2) is 0 Å². The van der Waals surface area contributed by atoms with Crippen molar-refractivity contribution in [1.82, 2.24) is 0 Å². The summed E-state index contributed by atoms with van der Waals surface area (Å²) in [5, 5.41) is 12.2. The number of ketones is 1. The van der Waals surface area contributed by atoms with Crippen molar-refractivity contribution in [2.45, 2.75) is 123 Å². The predicted molar refractivity (Wildman–Crippen MR) is 133 cm³/mol. The summed E-state index contributed by atoms with van der Waals surface area (Å²) in [5.41, 5.74) is -1.66. The molecule has 3 aliphatic carbocycles. The molecule has 0 unspecified atom stereocenters. The Morgan fingerprint density at radius 2 is 1.76 bits per heavy atom. The van der Waals surface area contributed by atoms with E-state index in [1.54, 1.807) is 0 Å². The molecule has 0 spiro atoms. The molecule has 5 nitrogen and oxygen atoms in total. The highest BCUT2D eigenvalue weighted by Gasteiger charge is 2.62. The number of esters is 1. The van der Waals surface area contributed by atoms with Gasteiger partial charge in [0, 0.05) is 17.8 Å². The third-order valence-corrected chi connectivity index (χ3v) is 13.8. The summed E-state index contributed by atoms with van der Waals surface area (Å²) in [5.74, 6) is -0.719. The molecular formula is C27H48O5Si. The highest BCUT2D eigenvalue weighted by Crippen LogP contribution is 2.60. The molecule has 0 amide bonds. The fourth-order valence-corrected chi connectivity index (χ4v) is 7.60. The van der Waals surface area contributed by atoms with Gasteiger partial charge in [0.15, 0.2) is 8.32 Å². The molecule has 0 heterocycles. The molecule has 190 valence electrons.